The number of amides is 1. The summed E-state index contributed by atoms with van der Waals surface area (Å²) in [6.07, 6.45) is -0.0411. The van der Waals surface area contributed by atoms with Crippen LogP contribution in [0.25, 0.3) is 0 Å². The van der Waals surface area contributed by atoms with E-state index < -0.39 is 10.8 Å². The number of hydrogen-bond acceptors (Lipinski definition) is 6. The summed E-state index contributed by atoms with van der Waals surface area (Å²) < 4.78 is 1.62. The summed E-state index contributed by atoms with van der Waals surface area (Å²) in [7, 11) is 0. The normalized spacial score (nSPS) is 10.4. The number of aromatic nitrogens is 3. The van der Waals surface area contributed by atoms with Crippen molar-refractivity contribution in [3.8, 4) is 0 Å². The summed E-state index contributed by atoms with van der Waals surface area (Å²) >= 11 is 4.15. The Bertz CT molecular complexity index is 653. The molecule has 9 heteroatoms. The number of nitro groups is 1. The minimum atomic E-state index is -0.518. The summed E-state index contributed by atoms with van der Waals surface area (Å²) in [4.78, 5) is 21.1. The SMILES string of the molecule is NC(=O)Cc1nnc(S)n1Cc1ccc([N+](=O)[O-])cc1. The molecule has 0 radical (unpaired) electrons. The Morgan fingerprint density at radius 3 is 2.55 bits per heavy atom. The zero-order chi connectivity index (χ0) is 14.7. The zero-order valence-electron chi connectivity index (χ0n) is 10.3. The van der Waals surface area contributed by atoms with E-state index in [-0.39, 0.29) is 12.1 Å². The molecular weight excluding hydrogens is 282 g/mol. The van der Waals surface area contributed by atoms with Gasteiger partial charge in [-0.2, -0.15) is 0 Å². The van der Waals surface area contributed by atoms with Gasteiger partial charge in [-0.1, -0.05) is 12.1 Å². The lowest BCUT2D eigenvalue weighted by molar-refractivity contribution is -0.384. The number of primary amides is 1. The number of carbonyl (C=O) groups is 1. The lowest BCUT2D eigenvalue weighted by Gasteiger charge is -2.07. The van der Waals surface area contributed by atoms with Gasteiger partial charge >= 0.3 is 0 Å². The first-order chi connectivity index (χ1) is 9.47. The molecule has 1 aromatic carbocycles. The third-order valence-corrected chi connectivity index (χ3v) is 2.96. The van der Waals surface area contributed by atoms with Crippen LogP contribution in [-0.4, -0.2) is 25.6 Å². The van der Waals surface area contributed by atoms with Gasteiger partial charge in [0.1, 0.15) is 5.82 Å². The lowest BCUT2D eigenvalue weighted by atomic mass is 10.2. The Hall–Kier alpha value is -2.42. The molecule has 0 fully saturated rings. The molecule has 0 aliphatic rings. The maximum absolute atomic E-state index is 10.9. The summed E-state index contributed by atoms with van der Waals surface area (Å²) in [6.45, 7) is 0.354. The van der Waals surface area contributed by atoms with Gasteiger partial charge in [-0.3, -0.25) is 14.9 Å². The molecule has 1 amide bonds. The van der Waals surface area contributed by atoms with E-state index in [0.717, 1.165) is 5.56 Å². The highest BCUT2D eigenvalue weighted by Gasteiger charge is 2.12. The van der Waals surface area contributed by atoms with Crippen molar-refractivity contribution in [3.63, 3.8) is 0 Å². The first kappa shape index (κ1) is 14.0. The lowest BCUT2D eigenvalue weighted by Crippen LogP contribution is -2.17. The highest BCUT2D eigenvalue weighted by Crippen LogP contribution is 2.15. The van der Waals surface area contributed by atoms with Gasteiger partial charge in [0.15, 0.2) is 5.16 Å². The van der Waals surface area contributed by atoms with E-state index in [1.807, 2.05) is 0 Å². The van der Waals surface area contributed by atoms with E-state index in [4.69, 9.17) is 5.73 Å². The Morgan fingerprint density at radius 1 is 1.35 bits per heavy atom. The van der Waals surface area contributed by atoms with Crippen molar-refractivity contribution in [2.75, 3.05) is 0 Å². The molecule has 104 valence electrons. The predicted octanol–water partition coefficient (Wildman–Crippen LogP) is 0.551. The molecule has 2 N–H and O–H groups in total. The van der Waals surface area contributed by atoms with Crippen LogP contribution in [0.3, 0.4) is 0 Å². The van der Waals surface area contributed by atoms with Crippen LogP contribution in [0.15, 0.2) is 29.4 Å². The van der Waals surface area contributed by atoms with Gasteiger partial charge in [0, 0.05) is 12.1 Å². The van der Waals surface area contributed by atoms with E-state index in [1.54, 1.807) is 16.7 Å². The Morgan fingerprint density at radius 2 is 2.00 bits per heavy atom. The first-order valence-electron chi connectivity index (χ1n) is 5.60. The number of nitro benzene ring substituents is 1. The summed E-state index contributed by atoms with van der Waals surface area (Å²) in [5, 5.41) is 18.5. The summed E-state index contributed by atoms with van der Waals surface area (Å²) in [5.74, 6) is -0.114. The van der Waals surface area contributed by atoms with Crippen LogP contribution in [0.1, 0.15) is 11.4 Å². The molecule has 0 atom stereocenters. The smallest absolute Gasteiger partial charge is 0.269 e. The van der Waals surface area contributed by atoms with Crippen LogP contribution in [-0.2, 0) is 17.8 Å². The van der Waals surface area contributed by atoms with Crippen molar-refractivity contribution in [1.29, 1.82) is 0 Å². The standard InChI is InChI=1S/C11H11N5O3S/c12-9(17)5-10-13-14-11(20)15(10)6-7-1-3-8(4-2-7)16(18)19/h1-4H,5-6H2,(H2,12,17)(H,14,20). The second-order valence-corrected chi connectivity index (χ2v) is 4.47. The number of non-ortho nitro benzene ring substituents is 1. The van der Waals surface area contributed by atoms with Gasteiger partial charge < -0.3 is 10.3 Å². The van der Waals surface area contributed by atoms with Crippen LogP contribution >= 0.6 is 12.6 Å². The number of benzene rings is 1. The predicted molar refractivity (Wildman–Crippen MR) is 72.4 cm³/mol. The van der Waals surface area contributed by atoms with Crippen LogP contribution in [0.5, 0.6) is 0 Å². The third kappa shape index (κ3) is 3.12. The number of rotatable bonds is 5. The van der Waals surface area contributed by atoms with Crippen molar-refractivity contribution >= 4 is 24.2 Å². The fraction of sp³-hybridized carbons (Fsp3) is 0.182. The number of hydrogen-bond donors (Lipinski definition) is 2. The van der Waals surface area contributed by atoms with E-state index in [1.165, 1.54) is 12.1 Å². The average Bonchev–Trinajstić information content (AvgIpc) is 2.71. The molecule has 0 saturated carbocycles. The van der Waals surface area contributed by atoms with E-state index in [9.17, 15) is 14.9 Å². The molecule has 2 rings (SSSR count). The second kappa shape index (κ2) is 5.70. The highest BCUT2D eigenvalue weighted by molar-refractivity contribution is 7.80. The molecule has 0 aliphatic carbocycles. The molecule has 20 heavy (non-hydrogen) atoms. The topological polar surface area (TPSA) is 117 Å². The summed E-state index contributed by atoms with van der Waals surface area (Å²) in [6, 6.07) is 6.07. The van der Waals surface area contributed by atoms with Crippen LogP contribution < -0.4 is 5.73 Å². The fourth-order valence-corrected chi connectivity index (χ4v) is 1.91. The fourth-order valence-electron chi connectivity index (χ4n) is 1.68. The first-order valence-corrected chi connectivity index (χ1v) is 6.05. The summed E-state index contributed by atoms with van der Waals surface area (Å²) in [5.41, 5.74) is 5.95. The van der Waals surface area contributed by atoms with Gasteiger partial charge in [-0.25, -0.2) is 0 Å². The zero-order valence-corrected chi connectivity index (χ0v) is 11.2. The monoisotopic (exact) mass is 293 g/mol. The molecule has 1 aromatic heterocycles. The molecular formula is C11H11N5O3S. The Balaban J connectivity index is 2.23. The van der Waals surface area contributed by atoms with E-state index in [0.29, 0.717) is 17.5 Å². The molecule has 8 nitrogen and oxygen atoms in total. The van der Waals surface area contributed by atoms with Crippen molar-refractivity contribution in [3.05, 3.63) is 45.8 Å². The second-order valence-electron chi connectivity index (χ2n) is 4.07. The number of nitrogens with zero attached hydrogens (tertiary/aromatic N) is 4. The number of carbonyl (C=O) groups excluding carboxylic acids is 1. The number of thiol groups is 1. The molecule has 0 bridgehead atoms. The maximum atomic E-state index is 10.9. The molecule has 1 heterocycles. The average molecular weight is 293 g/mol. The highest BCUT2D eigenvalue weighted by atomic mass is 32.1. The maximum Gasteiger partial charge on any atom is 0.269 e. The molecule has 0 aliphatic heterocycles. The van der Waals surface area contributed by atoms with Gasteiger partial charge in [-0.05, 0) is 5.56 Å². The van der Waals surface area contributed by atoms with Crippen molar-refractivity contribution < 1.29 is 9.72 Å². The minimum Gasteiger partial charge on any atom is -0.369 e. The van der Waals surface area contributed by atoms with Crippen molar-refractivity contribution in [1.82, 2.24) is 14.8 Å². The van der Waals surface area contributed by atoms with Gasteiger partial charge in [-0.15, -0.1) is 22.8 Å². The molecule has 2 aromatic rings. The van der Waals surface area contributed by atoms with Crippen LogP contribution in [0, 0.1) is 10.1 Å². The van der Waals surface area contributed by atoms with Gasteiger partial charge in [0.25, 0.3) is 5.69 Å². The quantitative estimate of drug-likeness (QED) is 0.474. The Labute approximate surface area is 119 Å². The largest absolute Gasteiger partial charge is 0.369 e. The van der Waals surface area contributed by atoms with Gasteiger partial charge in [0.2, 0.25) is 5.91 Å². The molecule has 0 unspecified atom stereocenters. The van der Waals surface area contributed by atoms with E-state index in [2.05, 4.69) is 22.8 Å². The minimum absolute atomic E-state index is 0.0148. The molecule has 0 spiro atoms. The van der Waals surface area contributed by atoms with Gasteiger partial charge in [0.05, 0.1) is 17.9 Å². The third-order valence-electron chi connectivity index (χ3n) is 2.63. The van der Waals surface area contributed by atoms with Crippen molar-refractivity contribution in [2.45, 2.75) is 18.1 Å². The number of nitrogens with two attached hydrogens (primary N) is 1. The molecule has 0 saturated heterocycles. The van der Waals surface area contributed by atoms with Crippen molar-refractivity contribution in [2.24, 2.45) is 5.73 Å². The Kier molecular flexibility index (Phi) is 3.99. The van der Waals surface area contributed by atoms with Crippen LogP contribution in [0.4, 0.5) is 5.69 Å². The van der Waals surface area contributed by atoms with Crippen LogP contribution in [0.2, 0.25) is 0 Å². The van der Waals surface area contributed by atoms with E-state index >= 15 is 0 Å².